The minimum Gasteiger partial charge on any atom is -0.389 e. The minimum absolute atomic E-state index is 0.317. The second-order valence-corrected chi connectivity index (χ2v) is 5.62. The first-order valence-electron chi connectivity index (χ1n) is 5.92. The molecule has 1 heterocycles. The highest BCUT2D eigenvalue weighted by Gasteiger charge is 2.24. The van der Waals surface area contributed by atoms with E-state index >= 15 is 0 Å². The molecule has 0 spiro atoms. The molecule has 1 unspecified atom stereocenters. The zero-order valence-electron chi connectivity index (χ0n) is 10.2. The molecular formula is C13H18FNOS. The molecule has 1 aromatic carbocycles. The van der Waals surface area contributed by atoms with Gasteiger partial charge < -0.3 is 10.0 Å². The highest BCUT2D eigenvalue weighted by Crippen LogP contribution is 2.32. The molecule has 0 amide bonds. The van der Waals surface area contributed by atoms with Crippen LogP contribution < -0.4 is 4.90 Å². The van der Waals surface area contributed by atoms with Crippen LogP contribution in [0, 0.1) is 5.82 Å². The van der Waals surface area contributed by atoms with Crippen molar-refractivity contribution in [3.8, 4) is 0 Å². The molecule has 1 N–H and O–H groups in total. The lowest BCUT2D eigenvalue weighted by molar-refractivity contribution is 0.194. The third-order valence-corrected chi connectivity index (χ3v) is 4.31. The van der Waals surface area contributed by atoms with Gasteiger partial charge in [0.1, 0.15) is 5.82 Å². The van der Waals surface area contributed by atoms with Crippen molar-refractivity contribution >= 4 is 17.4 Å². The van der Waals surface area contributed by atoms with Crippen LogP contribution in [0.2, 0.25) is 0 Å². The maximum Gasteiger partial charge on any atom is 0.131 e. The fourth-order valence-electron chi connectivity index (χ4n) is 2.27. The van der Waals surface area contributed by atoms with Crippen molar-refractivity contribution in [1.82, 2.24) is 0 Å². The third-order valence-electron chi connectivity index (χ3n) is 3.12. The number of halogens is 1. The molecule has 2 rings (SSSR count). The fourth-order valence-corrected chi connectivity index (χ4v) is 3.29. The lowest BCUT2D eigenvalue weighted by Crippen LogP contribution is -2.41. The molecule has 0 bridgehead atoms. The van der Waals surface area contributed by atoms with Crippen LogP contribution in [-0.4, -0.2) is 29.2 Å². The average Bonchev–Trinajstić information content (AvgIpc) is 2.28. The summed E-state index contributed by atoms with van der Waals surface area (Å²) in [5.74, 6) is 1.79. The summed E-state index contributed by atoms with van der Waals surface area (Å²) in [5.41, 5.74) is 1.26. The summed E-state index contributed by atoms with van der Waals surface area (Å²) in [6, 6.07) is 5.41. The SMILES string of the molecule is CC1CSCCN1c1cccc(F)c1[C@H](C)O. The van der Waals surface area contributed by atoms with Gasteiger partial charge in [-0.25, -0.2) is 4.39 Å². The van der Waals surface area contributed by atoms with E-state index in [-0.39, 0.29) is 5.82 Å². The Bertz CT molecular complexity index is 397. The Labute approximate surface area is 106 Å². The van der Waals surface area contributed by atoms with E-state index < -0.39 is 6.10 Å². The summed E-state index contributed by atoms with van der Waals surface area (Å²) in [6.07, 6.45) is -0.770. The van der Waals surface area contributed by atoms with Gasteiger partial charge in [0.05, 0.1) is 6.10 Å². The number of aliphatic hydroxyl groups is 1. The monoisotopic (exact) mass is 255 g/mol. The summed E-state index contributed by atoms with van der Waals surface area (Å²) < 4.78 is 13.8. The van der Waals surface area contributed by atoms with Crippen molar-refractivity contribution in [2.24, 2.45) is 0 Å². The van der Waals surface area contributed by atoms with E-state index in [1.54, 1.807) is 13.0 Å². The van der Waals surface area contributed by atoms with E-state index in [4.69, 9.17) is 0 Å². The van der Waals surface area contributed by atoms with Crippen LogP contribution in [-0.2, 0) is 0 Å². The summed E-state index contributed by atoms with van der Waals surface area (Å²) in [7, 11) is 0. The molecule has 0 saturated carbocycles. The predicted molar refractivity (Wildman–Crippen MR) is 71.2 cm³/mol. The molecule has 0 aliphatic carbocycles. The lowest BCUT2D eigenvalue weighted by atomic mass is 10.1. The molecular weight excluding hydrogens is 237 g/mol. The Morgan fingerprint density at radius 1 is 1.53 bits per heavy atom. The molecule has 1 aliphatic rings. The third kappa shape index (κ3) is 2.58. The summed E-state index contributed by atoms with van der Waals surface area (Å²) in [4.78, 5) is 2.20. The zero-order chi connectivity index (χ0) is 12.4. The van der Waals surface area contributed by atoms with Gasteiger partial charge >= 0.3 is 0 Å². The largest absolute Gasteiger partial charge is 0.389 e. The number of nitrogens with zero attached hydrogens (tertiary/aromatic N) is 1. The van der Waals surface area contributed by atoms with Crippen molar-refractivity contribution in [2.45, 2.75) is 26.0 Å². The topological polar surface area (TPSA) is 23.5 Å². The van der Waals surface area contributed by atoms with Crippen LogP contribution in [0.3, 0.4) is 0 Å². The number of benzene rings is 1. The number of hydrogen-bond acceptors (Lipinski definition) is 3. The molecule has 1 saturated heterocycles. The van der Waals surface area contributed by atoms with Crippen LogP contribution in [0.1, 0.15) is 25.5 Å². The zero-order valence-corrected chi connectivity index (χ0v) is 11.0. The smallest absolute Gasteiger partial charge is 0.131 e. The fraction of sp³-hybridized carbons (Fsp3) is 0.538. The number of anilines is 1. The number of rotatable bonds is 2. The average molecular weight is 255 g/mol. The molecule has 2 nitrogen and oxygen atoms in total. The maximum absolute atomic E-state index is 13.8. The Morgan fingerprint density at radius 2 is 2.29 bits per heavy atom. The molecule has 2 atom stereocenters. The summed E-state index contributed by atoms with van der Waals surface area (Å²) in [5, 5.41) is 9.73. The van der Waals surface area contributed by atoms with Gasteiger partial charge in [-0.1, -0.05) is 6.07 Å². The van der Waals surface area contributed by atoms with E-state index in [0.717, 1.165) is 23.7 Å². The molecule has 4 heteroatoms. The van der Waals surface area contributed by atoms with Crippen LogP contribution in [0.5, 0.6) is 0 Å². The van der Waals surface area contributed by atoms with E-state index in [9.17, 15) is 9.50 Å². The van der Waals surface area contributed by atoms with Gasteiger partial charge in [0.2, 0.25) is 0 Å². The molecule has 1 aromatic rings. The Kier molecular flexibility index (Phi) is 3.94. The first-order valence-corrected chi connectivity index (χ1v) is 7.07. The van der Waals surface area contributed by atoms with Gasteiger partial charge in [-0.15, -0.1) is 0 Å². The van der Waals surface area contributed by atoms with Gasteiger partial charge in [-0.2, -0.15) is 11.8 Å². The second kappa shape index (κ2) is 5.27. The van der Waals surface area contributed by atoms with Crippen molar-refractivity contribution in [3.05, 3.63) is 29.6 Å². The van der Waals surface area contributed by atoms with Gasteiger partial charge in [0.15, 0.2) is 0 Å². The second-order valence-electron chi connectivity index (χ2n) is 4.47. The normalized spacial score (nSPS) is 22.6. The molecule has 1 aliphatic heterocycles. The first kappa shape index (κ1) is 12.7. The highest BCUT2D eigenvalue weighted by molar-refractivity contribution is 7.99. The number of aliphatic hydroxyl groups excluding tert-OH is 1. The van der Waals surface area contributed by atoms with Crippen LogP contribution in [0.4, 0.5) is 10.1 Å². The van der Waals surface area contributed by atoms with Crippen LogP contribution in [0.25, 0.3) is 0 Å². The standard InChI is InChI=1S/C13H18FNOS/c1-9-8-17-7-6-15(9)12-5-3-4-11(14)13(12)10(2)16/h3-5,9-10,16H,6-8H2,1-2H3/t9?,10-/m0/s1. The van der Waals surface area contributed by atoms with Crippen molar-refractivity contribution < 1.29 is 9.50 Å². The molecule has 0 radical (unpaired) electrons. The highest BCUT2D eigenvalue weighted by atomic mass is 32.2. The van der Waals surface area contributed by atoms with E-state index in [1.165, 1.54) is 6.07 Å². The Balaban J connectivity index is 2.40. The van der Waals surface area contributed by atoms with E-state index in [1.807, 2.05) is 17.8 Å². The van der Waals surface area contributed by atoms with Gasteiger partial charge in [0, 0.05) is 35.3 Å². The lowest BCUT2D eigenvalue weighted by Gasteiger charge is -2.36. The molecule has 0 aromatic heterocycles. The van der Waals surface area contributed by atoms with E-state index in [0.29, 0.717) is 11.6 Å². The first-order chi connectivity index (χ1) is 8.11. The van der Waals surface area contributed by atoms with Gasteiger partial charge in [-0.3, -0.25) is 0 Å². The van der Waals surface area contributed by atoms with Crippen LogP contribution >= 0.6 is 11.8 Å². The van der Waals surface area contributed by atoms with Gasteiger partial charge in [-0.05, 0) is 26.0 Å². The molecule has 94 valence electrons. The summed E-state index contributed by atoms with van der Waals surface area (Å²) >= 11 is 1.92. The van der Waals surface area contributed by atoms with Crippen molar-refractivity contribution in [2.75, 3.05) is 23.0 Å². The Hall–Kier alpha value is -0.740. The predicted octanol–water partition coefficient (Wildman–Crippen LogP) is 2.82. The molecule has 17 heavy (non-hydrogen) atoms. The van der Waals surface area contributed by atoms with Gasteiger partial charge in [0.25, 0.3) is 0 Å². The van der Waals surface area contributed by atoms with Crippen molar-refractivity contribution in [3.63, 3.8) is 0 Å². The quantitative estimate of drug-likeness (QED) is 0.879. The van der Waals surface area contributed by atoms with E-state index in [2.05, 4.69) is 11.8 Å². The van der Waals surface area contributed by atoms with Crippen LogP contribution in [0.15, 0.2) is 18.2 Å². The number of thioether (sulfide) groups is 1. The summed E-state index contributed by atoms with van der Waals surface area (Å²) in [6.45, 7) is 4.67. The van der Waals surface area contributed by atoms with Crippen molar-refractivity contribution in [1.29, 1.82) is 0 Å². The minimum atomic E-state index is -0.770. The Morgan fingerprint density at radius 3 is 2.94 bits per heavy atom. The number of hydrogen-bond donors (Lipinski definition) is 1. The maximum atomic E-state index is 13.8. The molecule has 1 fully saturated rings.